The van der Waals surface area contributed by atoms with E-state index in [0.717, 1.165) is 22.2 Å². The highest BCUT2D eigenvalue weighted by Gasteiger charge is 2.05. The SMILES string of the molecule is Cc1cc2cc(CCC(=O)NCc3ccccn3)ccc2[nH]c1=O. The summed E-state index contributed by atoms with van der Waals surface area (Å²) >= 11 is 0. The maximum atomic E-state index is 12.0. The predicted octanol–water partition coefficient (Wildman–Crippen LogP) is 2.48. The molecule has 1 amide bonds. The van der Waals surface area contributed by atoms with Crippen LogP contribution in [-0.2, 0) is 17.8 Å². The highest BCUT2D eigenvalue weighted by Crippen LogP contribution is 2.14. The summed E-state index contributed by atoms with van der Waals surface area (Å²) in [6.45, 7) is 2.23. The standard InChI is InChI=1S/C19H19N3O2/c1-13-10-15-11-14(5-7-17(15)22-19(13)24)6-8-18(23)21-12-16-4-2-3-9-20-16/h2-5,7,9-11H,6,8,12H2,1H3,(H,21,23)(H,22,24). The molecule has 0 aliphatic rings. The van der Waals surface area contributed by atoms with Gasteiger partial charge in [0.25, 0.3) is 5.56 Å². The van der Waals surface area contributed by atoms with Crippen LogP contribution in [-0.4, -0.2) is 15.9 Å². The smallest absolute Gasteiger partial charge is 0.251 e. The molecule has 0 spiro atoms. The van der Waals surface area contributed by atoms with E-state index in [9.17, 15) is 9.59 Å². The summed E-state index contributed by atoms with van der Waals surface area (Å²) in [6, 6.07) is 13.3. The van der Waals surface area contributed by atoms with Crippen molar-refractivity contribution in [1.82, 2.24) is 15.3 Å². The zero-order valence-electron chi connectivity index (χ0n) is 13.5. The van der Waals surface area contributed by atoms with Crippen LogP contribution in [0.15, 0.2) is 53.5 Å². The van der Waals surface area contributed by atoms with Crippen LogP contribution in [0.3, 0.4) is 0 Å². The number of pyridine rings is 2. The molecule has 2 aromatic heterocycles. The summed E-state index contributed by atoms with van der Waals surface area (Å²) in [5.41, 5.74) is 3.35. The number of nitrogens with one attached hydrogen (secondary N) is 2. The molecule has 0 bridgehead atoms. The molecular formula is C19H19N3O2. The van der Waals surface area contributed by atoms with Gasteiger partial charge in [-0.15, -0.1) is 0 Å². The van der Waals surface area contributed by atoms with Crippen molar-refractivity contribution < 1.29 is 4.79 Å². The number of benzene rings is 1. The molecule has 0 atom stereocenters. The number of rotatable bonds is 5. The average molecular weight is 321 g/mol. The molecule has 0 saturated heterocycles. The Morgan fingerprint density at radius 3 is 2.88 bits per heavy atom. The van der Waals surface area contributed by atoms with Gasteiger partial charge in [-0.2, -0.15) is 0 Å². The number of hydrogen-bond donors (Lipinski definition) is 2. The molecule has 0 aliphatic heterocycles. The lowest BCUT2D eigenvalue weighted by atomic mass is 10.1. The fourth-order valence-electron chi connectivity index (χ4n) is 2.56. The predicted molar refractivity (Wildman–Crippen MR) is 93.7 cm³/mol. The molecule has 3 aromatic rings. The first-order valence-electron chi connectivity index (χ1n) is 7.91. The Morgan fingerprint density at radius 1 is 1.21 bits per heavy atom. The molecule has 122 valence electrons. The minimum Gasteiger partial charge on any atom is -0.350 e. The molecule has 0 saturated carbocycles. The molecule has 5 heteroatoms. The number of nitrogens with zero attached hydrogens (tertiary/aromatic N) is 1. The Balaban J connectivity index is 1.60. The van der Waals surface area contributed by atoms with Crippen LogP contribution in [0.4, 0.5) is 0 Å². The Labute approximate surface area is 139 Å². The number of H-pyrrole nitrogens is 1. The van der Waals surface area contributed by atoms with Crippen molar-refractivity contribution in [2.24, 2.45) is 0 Å². The molecule has 3 rings (SSSR count). The van der Waals surface area contributed by atoms with Gasteiger partial charge in [0.05, 0.1) is 12.2 Å². The number of amides is 1. The number of carbonyl (C=O) groups is 1. The van der Waals surface area contributed by atoms with E-state index < -0.39 is 0 Å². The normalized spacial score (nSPS) is 10.7. The molecule has 1 aromatic carbocycles. The molecular weight excluding hydrogens is 302 g/mol. The van der Waals surface area contributed by atoms with Gasteiger partial charge in [-0.3, -0.25) is 14.6 Å². The van der Waals surface area contributed by atoms with Crippen molar-refractivity contribution in [2.45, 2.75) is 26.3 Å². The van der Waals surface area contributed by atoms with Gasteiger partial charge < -0.3 is 10.3 Å². The van der Waals surface area contributed by atoms with Crippen molar-refractivity contribution in [3.05, 3.63) is 75.8 Å². The molecule has 0 unspecified atom stereocenters. The maximum Gasteiger partial charge on any atom is 0.251 e. The van der Waals surface area contributed by atoms with Crippen LogP contribution < -0.4 is 10.9 Å². The van der Waals surface area contributed by atoms with E-state index in [-0.39, 0.29) is 11.5 Å². The van der Waals surface area contributed by atoms with Gasteiger partial charge in [0.2, 0.25) is 5.91 Å². The third-order valence-electron chi connectivity index (χ3n) is 3.93. The topological polar surface area (TPSA) is 74.8 Å². The van der Waals surface area contributed by atoms with Crippen molar-refractivity contribution in [2.75, 3.05) is 0 Å². The largest absolute Gasteiger partial charge is 0.350 e. The van der Waals surface area contributed by atoms with Gasteiger partial charge in [-0.1, -0.05) is 12.1 Å². The number of aryl methyl sites for hydroxylation is 2. The summed E-state index contributed by atoms with van der Waals surface area (Å²) in [6.07, 6.45) is 2.78. The minimum atomic E-state index is -0.0656. The molecule has 0 radical (unpaired) electrons. The van der Waals surface area contributed by atoms with Crippen molar-refractivity contribution in [3.8, 4) is 0 Å². The molecule has 0 aliphatic carbocycles. The van der Waals surface area contributed by atoms with Crippen molar-refractivity contribution in [1.29, 1.82) is 0 Å². The fraction of sp³-hybridized carbons (Fsp3) is 0.211. The number of hydrogen-bond acceptors (Lipinski definition) is 3. The summed E-state index contributed by atoms with van der Waals surface area (Å²) in [5, 5.41) is 3.86. The lowest BCUT2D eigenvalue weighted by Crippen LogP contribution is -2.23. The second-order valence-electron chi connectivity index (χ2n) is 5.80. The lowest BCUT2D eigenvalue weighted by Gasteiger charge is -2.06. The summed E-state index contributed by atoms with van der Waals surface area (Å²) < 4.78 is 0. The van der Waals surface area contributed by atoms with Gasteiger partial charge in [0, 0.05) is 23.7 Å². The first kappa shape index (κ1) is 15.9. The zero-order chi connectivity index (χ0) is 16.9. The number of aromatic amines is 1. The molecule has 5 nitrogen and oxygen atoms in total. The number of aromatic nitrogens is 2. The van der Waals surface area contributed by atoms with E-state index in [1.165, 1.54) is 0 Å². The first-order valence-corrected chi connectivity index (χ1v) is 7.91. The minimum absolute atomic E-state index is 0.00148. The number of fused-ring (bicyclic) bond motifs is 1. The molecule has 2 heterocycles. The van der Waals surface area contributed by atoms with Gasteiger partial charge in [-0.25, -0.2) is 0 Å². The summed E-state index contributed by atoms with van der Waals surface area (Å²) in [5.74, 6) is -0.00148. The monoisotopic (exact) mass is 321 g/mol. The van der Waals surface area contributed by atoms with Crippen LogP contribution in [0.1, 0.15) is 23.2 Å². The van der Waals surface area contributed by atoms with E-state index in [4.69, 9.17) is 0 Å². The van der Waals surface area contributed by atoms with Crippen molar-refractivity contribution >= 4 is 16.8 Å². The molecule has 0 fully saturated rings. The molecule has 2 N–H and O–H groups in total. The van der Waals surface area contributed by atoms with E-state index in [0.29, 0.717) is 24.9 Å². The Morgan fingerprint density at radius 2 is 2.08 bits per heavy atom. The summed E-state index contributed by atoms with van der Waals surface area (Å²) in [7, 11) is 0. The second-order valence-corrected chi connectivity index (χ2v) is 5.80. The average Bonchev–Trinajstić information content (AvgIpc) is 2.60. The van der Waals surface area contributed by atoms with Gasteiger partial charge >= 0.3 is 0 Å². The van der Waals surface area contributed by atoms with Crippen LogP contribution in [0, 0.1) is 6.92 Å². The third kappa shape index (κ3) is 3.87. The number of carbonyl (C=O) groups excluding carboxylic acids is 1. The van der Waals surface area contributed by atoms with Crippen LogP contribution >= 0.6 is 0 Å². The fourth-order valence-corrected chi connectivity index (χ4v) is 2.56. The summed E-state index contributed by atoms with van der Waals surface area (Å²) in [4.78, 5) is 30.6. The Bertz CT molecular complexity index is 917. The third-order valence-corrected chi connectivity index (χ3v) is 3.93. The van der Waals surface area contributed by atoms with E-state index >= 15 is 0 Å². The van der Waals surface area contributed by atoms with Gasteiger partial charge in [0.1, 0.15) is 0 Å². The van der Waals surface area contributed by atoms with Crippen LogP contribution in [0.2, 0.25) is 0 Å². The highest BCUT2D eigenvalue weighted by molar-refractivity contribution is 5.80. The highest BCUT2D eigenvalue weighted by atomic mass is 16.1. The van der Waals surface area contributed by atoms with Crippen LogP contribution in [0.5, 0.6) is 0 Å². The zero-order valence-corrected chi connectivity index (χ0v) is 13.5. The quantitative estimate of drug-likeness (QED) is 0.758. The second kappa shape index (κ2) is 7.08. The maximum absolute atomic E-state index is 12.0. The van der Waals surface area contributed by atoms with E-state index in [2.05, 4.69) is 15.3 Å². The lowest BCUT2D eigenvalue weighted by molar-refractivity contribution is -0.121. The Kier molecular flexibility index (Phi) is 4.70. The van der Waals surface area contributed by atoms with E-state index in [1.54, 1.807) is 13.1 Å². The van der Waals surface area contributed by atoms with Gasteiger partial charge in [0.15, 0.2) is 0 Å². The van der Waals surface area contributed by atoms with Gasteiger partial charge in [-0.05, 0) is 54.6 Å². The molecule has 24 heavy (non-hydrogen) atoms. The van der Waals surface area contributed by atoms with E-state index in [1.807, 2.05) is 42.5 Å². The van der Waals surface area contributed by atoms with Crippen molar-refractivity contribution in [3.63, 3.8) is 0 Å². The van der Waals surface area contributed by atoms with Crippen LogP contribution in [0.25, 0.3) is 10.9 Å². The first-order chi connectivity index (χ1) is 11.6. The Hall–Kier alpha value is -2.95.